The van der Waals surface area contributed by atoms with Crippen LogP contribution in [0.1, 0.15) is 11.3 Å². The molecule has 0 amide bonds. The van der Waals surface area contributed by atoms with Gasteiger partial charge in [0, 0.05) is 10.9 Å². The smallest absolute Gasteiger partial charge is 0.0708 e. The van der Waals surface area contributed by atoms with Crippen molar-refractivity contribution in [1.29, 1.82) is 0 Å². The number of nitrogens with zero attached hydrogens (tertiary/aromatic N) is 1. The molecule has 0 aliphatic heterocycles. The Morgan fingerprint density at radius 3 is 2.88 bits per heavy atom. The number of aromatic nitrogens is 1. The third-order valence-corrected chi connectivity index (χ3v) is 1.79. The molecule has 0 fully saturated rings. The van der Waals surface area contributed by atoms with Gasteiger partial charge >= 0.3 is 0 Å². The lowest BCUT2D eigenvalue weighted by Crippen LogP contribution is -1.81. The Morgan fingerprint density at radius 2 is 2.62 bits per heavy atom. The topological polar surface area (TPSA) is 33.1 Å². The lowest BCUT2D eigenvalue weighted by molar-refractivity contribution is 0.281. The SMILES string of the molecule is Cc1nscc1CO. The second-order valence-electron chi connectivity index (χ2n) is 1.58. The molecule has 2 nitrogen and oxygen atoms in total. The van der Waals surface area contributed by atoms with Crippen molar-refractivity contribution < 1.29 is 5.11 Å². The third-order valence-electron chi connectivity index (χ3n) is 1.02. The molecule has 0 aromatic carbocycles. The van der Waals surface area contributed by atoms with Gasteiger partial charge in [-0.1, -0.05) is 0 Å². The van der Waals surface area contributed by atoms with Crippen molar-refractivity contribution in [3.05, 3.63) is 16.6 Å². The van der Waals surface area contributed by atoms with Gasteiger partial charge < -0.3 is 5.11 Å². The van der Waals surface area contributed by atoms with Gasteiger partial charge in [-0.05, 0) is 18.5 Å². The van der Waals surface area contributed by atoms with Crippen molar-refractivity contribution >= 4 is 11.5 Å². The summed E-state index contributed by atoms with van der Waals surface area (Å²) in [5, 5.41) is 10.4. The predicted octanol–water partition coefficient (Wildman–Crippen LogP) is 0.944. The summed E-state index contributed by atoms with van der Waals surface area (Å²) in [7, 11) is 0. The molecule has 1 N–H and O–H groups in total. The Morgan fingerprint density at radius 1 is 1.88 bits per heavy atom. The predicted molar refractivity (Wildman–Crippen MR) is 32.8 cm³/mol. The standard InChI is InChI=1S/C5H7NOS/c1-4-5(2-7)3-8-6-4/h3,7H,2H2,1H3. The zero-order valence-electron chi connectivity index (χ0n) is 4.59. The first-order valence-electron chi connectivity index (χ1n) is 2.35. The van der Waals surface area contributed by atoms with Gasteiger partial charge in [0.05, 0.1) is 12.3 Å². The minimum atomic E-state index is 0.113. The van der Waals surface area contributed by atoms with E-state index in [1.165, 1.54) is 11.5 Å². The van der Waals surface area contributed by atoms with Gasteiger partial charge in [-0.2, -0.15) is 4.37 Å². The van der Waals surface area contributed by atoms with Gasteiger partial charge in [-0.15, -0.1) is 0 Å². The Labute approximate surface area is 52.0 Å². The number of aliphatic hydroxyl groups excluding tert-OH is 1. The fourth-order valence-electron chi connectivity index (χ4n) is 0.465. The summed E-state index contributed by atoms with van der Waals surface area (Å²) in [6, 6.07) is 0. The molecular weight excluding hydrogens is 122 g/mol. The molecule has 0 atom stereocenters. The van der Waals surface area contributed by atoms with Crippen LogP contribution >= 0.6 is 11.5 Å². The first kappa shape index (κ1) is 5.72. The molecule has 1 aromatic heterocycles. The van der Waals surface area contributed by atoms with Crippen LogP contribution in [0.15, 0.2) is 5.38 Å². The summed E-state index contributed by atoms with van der Waals surface area (Å²) < 4.78 is 3.97. The first-order chi connectivity index (χ1) is 3.84. The Kier molecular flexibility index (Phi) is 1.60. The summed E-state index contributed by atoms with van der Waals surface area (Å²) in [5.41, 5.74) is 1.88. The molecule has 8 heavy (non-hydrogen) atoms. The van der Waals surface area contributed by atoms with Crippen LogP contribution in [0.25, 0.3) is 0 Å². The third kappa shape index (κ3) is 0.877. The van der Waals surface area contributed by atoms with E-state index >= 15 is 0 Å². The van der Waals surface area contributed by atoms with Gasteiger partial charge in [-0.25, -0.2) is 0 Å². The van der Waals surface area contributed by atoms with Crippen molar-refractivity contribution in [3.63, 3.8) is 0 Å². The highest BCUT2D eigenvalue weighted by atomic mass is 32.1. The molecule has 0 aliphatic rings. The number of aryl methyl sites for hydroxylation is 1. The van der Waals surface area contributed by atoms with Gasteiger partial charge in [0.2, 0.25) is 0 Å². The van der Waals surface area contributed by atoms with E-state index < -0.39 is 0 Å². The van der Waals surface area contributed by atoms with Crippen molar-refractivity contribution in [1.82, 2.24) is 4.37 Å². The highest BCUT2D eigenvalue weighted by Crippen LogP contribution is 2.07. The van der Waals surface area contributed by atoms with Gasteiger partial charge in [0.25, 0.3) is 0 Å². The lowest BCUT2D eigenvalue weighted by Gasteiger charge is -1.85. The second-order valence-corrected chi connectivity index (χ2v) is 2.21. The van der Waals surface area contributed by atoms with E-state index in [-0.39, 0.29) is 6.61 Å². The Bertz CT molecular complexity index is 173. The lowest BCUT2D eigenvalue weighted by atomic mass is 10.3. The quantitative estimate of drug-likeness (QED) is 0.612. The summed E-state index contributed by atoms with van der Waals surface area (Å²) in [6.45, 7) is 2.00. The van der Waals surface area contributed by atoms with Gasteiger partial charge in [0.15, 0.2) is 0 Å². The van der Waals surface area contributed by atoms with Crippen molar-refractivity contribution in [3.8, 4) is 0 Å². The molecule has 1 aromatic rings. The van der Waals surface area contributed by atoms with E-state index in [1.54, 1.807) is 0 Å². The maximum atomic E-state index is 8.57. The van der Waals surface area contributed by atoms with Crippen LogP contribution in [0, 0.1) is 6.92 Å². The average molecular weight is 129 g/mol. The maximum Gasteiger partial charge on any atom is 0.0708 e. The fraction of sp³-hybridized carbons (Fsp3) is 0.400. The van der Waals surface area contributed by atoms with E-state index in [0.717, 1.165) is 11.3 Å². The summed E-state index contributed by atoms with van der Waals surface area (Å²) in [4.78, 5) is 0. The van der Waals surface area contributed by atoms with Crippen LogP contribution in [0.5, 0.6) is 0 Å². The van der Waals surface area contributed by atoms with Crippen LogP contribution < -0.4 is 0 Å². The molecule has 0 radical (unpaired) electrons. The molecule has 0 aliphatic carbocycles. The van der Waals surface area contributed by atoms with Crippen LogP contribution in [0.4, 0.5) is 0 Å². The average Bonchev–Trinajstić information content (AvgIpc) is 2.14. The van der Waals surface area contributed by atoms with Crippen LogP contribution in [0.3, 0.4) is 0 Å². The van der Waals surface area contributed by atoms with Crippen molar-refractivity contribution in [2.24, 2.45) is 0 Å². The van der Waals surface area contributed by atoms with E-state index in [9.17, 15) is 0 Å². The number of hydrogen-bond acceptors (Lipinski definition) is 3. The van der Waals surface area contributed by atoms with Gasteiger partial charge in [-0.3, -0.25) is 0 Å². The Balaban J connectivity index is 2.92. The van der Waals surface area contributed by atoms with Gasteiger partial charge in [0.1, 0.15) is 0 Å². The van der Waals surface area contributed by atoms with E-state index in [1.807, 2.05) is 12.3 Å². The van der Waals surface area contributed by atoms with E-state index in [4.69, 9.17) is 5.11 Å². The Hall–Kier alpha value is -0.410. The van der Waals surface area contributed by atoms with Crippen LogP contribution in [0.2, 0.25) is 0 Å². The molecule has 0 bridgehead atoms. The summed E-state index contributed by atoms with van der Waals surface area (Å²) >= 11 is 1.38. The first-order valence-corrected chi connectivity index (χ1v) is 3.19. The molecule has 0 spiro atoms. The molecule has 0 saturated carbocycles. The fourth-order valence-corrected chi connectivity index (χ4v) is 1.17. The van der Waals surface area contributed by atoms with Crippen molar-refractivity contribution in [2.75, 3.05) is 0 Å². The van der Waals surface area contributed by atoms with Crippen LogP contribution in [-0.2, 0) is 6.61 Å². The maximum absolute atomic E-state index is 8.57. The molecule has 44 valence electrons. The molecule has 0 saturated heterocycles. The monoisotopic (exact) mass is 129 g/mol. The second kappa shape index (κ2) is 2.24. The van der Waals surface area contributed by atoms with Crippen LogP contribution in [-0.4, -0.2) is 9.48 Å². The zero-order chi connectivity index (χ0) is 5.98. The zero-order valence-corrected chi connectivity index (χ0v) is 5.40. The number of hydrogen-bond donors (Lipinski definition) is 1. The normalized spacial score (nSPS) is 9.75. The summed E-state index contributed by atoms with van der Waals surface area (Å²) in [6.07, 6.45) is 0. The highest BCUT2D eigenvalue weighted by Gasteiger charge is 1.95. The molecule has 0 unspecified atom stereocenters. The molecule has 1 heterocycles. The van der Waals surface area contributed by atoms with Crippen molar-refractivity contribution in [2.45, 2.75) is 13.5 Å². The summed E-state index contributed by atoms with van der Waals surface area (Å²) in [5.74, 6) is 0. The minimum Gasteiger partial charge on any atom is -0.392 e. The molecule has 3 heteroatoms. The molecule has 1 rings (SSSR count). The van der Waals surface area contributed by atoms with E-state index in [2.05, 4.69) is 4.37 Å². The molecular formula is C5H7NOS. The number of aliphatic hydroxyl groups is 1. The number of rotatable bonds is 1. The highest BCUT2D eigenvalue weighted by molar-refractivity contribution is 7.03. The minimum absolute atomic E-state index is 0.113. The largest absolute Gasteiger partial charge is 0.392 e. The van der Waals surface area contributed by atoms with E-state index in [0.29, 0.717) is 0 Å².